The first-order chi connectivity index (χ1) is 9.90. The highest BCUT2D eigenvalue weighted by molar-refractivity contribution is 5.05. The molecule has 0 radical (unpaired) electrons. The molecule has 0 aliphatic heterocycles. The molecule has 1 aliphatic carbocycles. The summed E-state index contributed by atoms with van der Waals surface area (Å²) in [5.41, 5.74) is 4.30. The summed E-state index contributed by atoms with van der Waals surface area (Å²) < 4.78 is 0. The van der Waals surface area contributed by atoms with Crippen molar-refractivity contribution in [2.24, 2.45) is 11.8 Å². The summed E-state index contributed by atoms with van der Waals surface area (Å²) in [5, 5.41) is 10.4. The van der Waals surface area contributed by atoms with Gasteiger partial charge in [0.05, 0.1) is 6.10 Å². The minimum atomic E-state index is -0.194. The average Bonchev–Trinajstić information content (AvgIpc) is 2.44. The second kappa shape index (κ2) is 9.25. The van der Waals surface area contributed by atoms with Gasteiger partial charge in [0.2, 0.25) is 0 Å². The summed E-state index contributed by atoms with van der Waals surface area (Å²) in [7, 11) is 0. The zero-order chi connectivity index (χ0) is 15.8. The predicted octanol–water partition coefficient (Wildman–Crippen LogP) is 5.81. The maximum atomic E-state index is 10.4. The van der Waals surface area contributed by atoms with Gasteiger partial charge in [-0.25, -0.2) is 0 Å². The lowest BCUT2D eigenvalue weighted by molar-refractivity contribution is 0.0808. The van der Waals surface area contributed by atoms with Crippen LogP contribution in [0.3, 0.4) is 0 Å². The molecule has 0 aromatic carbocycles. The summed E-state index contributed by atoms with van der Waals surface area (Å²) in [6, 6.07) is 0. The molecule has 21 heavy (non-hydrogen) atoms. The van der Waals surface area contributed by atoms with Crippen molar-refractivity contribution >= 4 is 0 Å². The smallest absolute Gasteiger partial charge is 0.0603 e. The van der Waals surface area contributed by atoms with E-state index in [1.807, 2.05) is 0 Å². The van der Waals surface area contributed by atoms with E-state index in [1.165, 1.54) is 29.6 Å². The Morgan fingerprint density at radius 3 is 2.62 bits per heavy atom. The average molecular weight is 290 g/mol. The van der Waals surface area contributed by atoms with Crippen LogP contribution in [0, 0.1) is 11.8 Å². The van der Waals surface area contributed by atoms with Crippen LogP contribution in [0.1, 0.15) is 73.1 Å². The van der Waals surface area contributed by atoms with E-state index in [0.29, 0.717) is 11.8 Å². The summed E-state index contributed by atoms with van der Waals surface area (Å²) in [6.45, 7) is 10.9. The normalized spacial score (nSPS) is 22.5. The van der Waals surface area contributed by atoms with Crippen LogP contribution in [-0.4, -0.2) is 11.2 Å². The molecular formula is C20H34O. The van der Waals surface area contributed by atoms with E-state index in [-0.39, 0.29) is 6.10 Å². The Bertz CT molecular complexity index is 396. The van der Waals surface area contributed by atoms with Gasteiger partial charge < -0.3 is 5.11 Å². The molecular weight excluding hydrogens is 256 g/mol. The second-order valence-corrected chi connectivity index (χ2v) is 7.12. The molecule has 0 unspecified atom stereocenters. The largest absolute Gasteiger partial charge is 0.393 e. The summed E-state index contributed by atoms with van der Waals surface area (Å²) in [4.78, 5) is 0. The van der Waals surface area contributed by atoms with Gasteiger partial charge in [-0.15, -0.1) is 0 Å². The number of aliphatic hydroxyl groups is 1. The highest BCUT2D eigenvalue weighted by Crippen LogP contribution is 2.31. The minimum absolute atomic E-state index is 0.194. The molecule has 0 saturated heterocycles. The summed E-state index contributed by atoms with van der Waals surface area (Å²) >= 11 is 0. The van der Waals surface area contributed by atoms with E-state index < -0.39 is 0 Å². The van der Waals surface area contributed by atoms with Crippen LogP contribution in [0.25, 0.3) is 0 Å². The van der Waals surface area contributed by atoms with Crippen molar-refractivity contribution in [3.63, 3.8) is 0 Å². The first-order valence-corrected chi connectivity index (χ1v) is 8.52. The van der Waals surface area contributed by atoms with E-state index in [9.17, 15) is 5.11 Å². The number of hydrogen-bond donors (Lipinski definition) is 1. The predicted molar refractivity (Wildman–Crippen MR) is 93.3 cm³/mol. The Morgan fingerprint density at radius 1 is 1.33 bits per heavy atom. The fourth-order valence-electron chi connectivity index (χ4n) is 3.00. The Hall–Kier alpha value is -0.820. The minimum Gasteiger partial charge on any atom is -0.393 e. The number of allylic oxidation sites excluding steroid dienone is 5. The summed E-state index contributed by atoms with van der Waals surface area (Å²) in [6.07, 6.45) is 13.3. The standard InChI is InChI=1S/C20H34O/c1-15(2)7-6-8-16(3)11-14-20(21)18(5)19-12-9-17(4)10-13-19/h7,9,11,18-21H,6,8,10,12-14H2,1-5H3/b16-11-/t18-,19+,20+/m0/s1. The van der Waals surface area contributed by atoms with Gasteiger partial charge >= 0.3 is 0 Å². The molecule has 1 heteroatoms. The van der Waals surface area contributed by atoms with Crippen molar-refractivity contribution in [3.8, 4) is 0 Å². The maximum absolute atomic E-state index is 10.4. The zero-order valence-electron chi connectivity index (χ0n) is 14.7. The molecule has 0 fully saturated rings. The van der Waals surface area contributed by atoms with Crippen LogP contribution in [-0.2, 0) is 0 Å². The first kappa shape index (κ1) is 18.2. The fourth-order valence-corrected chi connectivity index (χ4v) is 3.00. The number of aliphatic hydroxyl groups excluding tert-OH is 1. The van der Waals surface area contributed by atoms with Crippen molar-refractivity contribution in [2.45, 2.75) is 79.2 Å². The van der Waals surface area contributed by atoms with Gasteiger partial charge in [-0.05, 0) is 78.1 Å². The van der Waals surface area contributed by atoms with Crippen LogP contribution < -0.4 is 0 Å². The van der Waals surface area contributed by atoms with E-state index in [0.717, 1.165) is 25.7 Å². The molecule has 3 atom stereocenters. The molecule has 0 bridgehead atoms. The van der Waals surface area contributed by atoms with E-state index in [1.54, 1.807) is 0 Å². The quantitative estimate of drug-likeness (QED) is 0.586. The Kier molecular flexibility index (Phi) is 8.03. The molecule has 0 aromatic heterocycles. The van der Waals surface area contributed by atoms with E-state index >= 15 is 0 Å². The second-order valence-electron chi connectivity index (χ2n) is 7.12. The van der Waals surface area contributed by atoms with Crippen LogP contribution >= 0.6 is 0 Å². The van der Waals surface area contributed by atoms with Gasteiger partial charge in [-0.2, -0.15) is 0 Å². The van der Waals surface area contributed by atoms with Gasteiger partial charge in [0, 0.05) is 0 Å². The molecule has 0 heterocycles. The molecule has 1 rings (SSSR count). The van der Waals surface area contributed by atoms with Gasteiger partial charge in [0.1, 0.15) is 0 Å². The molecule has 0 spiro atoms. The molecule has 120 valence electrons. The van der Waals surface area contributed by atoms with Crippen LogP contribution in [0.2, 0.25) is 0 Å². The lowest BCUT2D eigenvalue weighted by Crippen LogP contribution is -2.26. The van der Waals surface area contributed by atoms with Gasteiger partial charge in [-0.3, -0.25) is 0 Å². The Morgan fingerprint density at radius 2 is 2.05 bits per heavy atom. The third-order valence-electron chi connectivity index (χ3n) is 4.83. The highest BCUT2D eigenvalue weighted by Gasteiger charge is 2.24. The number of hydrogen-bond acceptors (Lipinski definition) is 1. The maximum Gasteiger partial charge on any atom is 0.0603 e. The zero-order valence-corrected chi connectivity index (χ0v) is 14.7. The van der Waals surface area contributed by atoms with Gasteiger partial charge in [-0.1, -0.05) is 41.9 Å². The molecule has 1 N–H and O–H groups in total. The van der Waals surface area contributed by atoms with Crippen molar-refractivity contribution < 1.29 is 5.11 Å². The molecule has 0 amide bonds. The van der Waals surface area contributed by atoms with Crippen molar-refractivity contribution in [2.75, 3.05) is 0 Å². The molecule has 1 aliphatic rings. The number of rotatable bonds is 7. The van der Waals surface area contributed by atoms with Crippen molar-refractivity contribution in [3.05, 3.63) is 34.9 Å². The fraction of sp³-hybridized carbons (Fsp3) is 0.700. The molecule has 1 nitrogen and oxygen atoms in total. The monoisotopic (exact) mass is 290 g/mol. The van der Waals surface area contributed by atoms with Crippen LogP contribution in [0.5, 0.6) is 0 Å². The third-order valence-corrected chi connectivity index (χ3v) is 4.83. The van der Waals surface area contributed by atoms with E-state index in [2.05, 4.69) is 52.8 Å². The first-order valence-electron chi connectivity index (χ1n) is 8.52. The van der Waals surface area contributed by atoms with Crippen LogP contribution in [0.4, 0.5) is 0 Å². The third kappa shape index (κ3) is 7.13. The summed E-state index contributed by atoms with van der Waals surface area (Å²) in [5.74, 6) is 1.05. The lowest BCUT2D eigenvalue weighted by atomic mass is 9.78. The molecule has 0 saturated carbocycles. The topological polar surface area (TPSA) is 20.2 Å². The van der Waals surface area contributed by atoms with Gasteiger partial charge in [0.25, 0.3) is 0 Å². The van der Waals surface area contributed by atoms with E-state index in [4.69, 9.17) is 0 Å². The lowest BCUT2D eigenvalue weighted by Gasteiger charge is -2.29. The highest BCUT2D eigenvalue weighted by atomic mass is 16.3. The van der Waals surface area contributed by atoms with Crippen molar-refractivity contribution in [1.82, 2.24) is 0 Å². The van der Waals surface area contributed by atoms with Gasteiger partial charge in [0.15, 0.2) is 0 Å². The van der Waals surface area contributed by atoms with Crippen molar-refractivity contribution in [1.29, 1.82) is 0 Å². The van der Waals surface area contributed by atoms with Crippen LogP contribution in [0.15, 0.2) is 34.9 Å². The Balaban J connectivity index is 2.38. The Labute approximate surface area is 131 Å². The SMILES string of the molecule is CC(C)=CCC/C(C)=C\C[C@@H](O)[C@@H](C)[C@@H]1CC=C(C)CC1. The molecule has 0 aromatic rings.